The Morgan fingerprint density at radius 2 is 2.15 bits per heavy atom. The highest BCUT2D eigenvalue weighted by Crippen LogP contribution is 2.35. The number of hydrogen-bond donors (Lipinski definition) is 0. The van der Waals surface area contributed by atoms with Gasteiger partial charge in [0.25, 0.3) is 5.91 Å². The van der Waals surface area contributed by atoms with Gasteiger partial charge in [0, 0.05) is 11.6 Å². The number of nitrogens with zero attached hydrogens (tertiary/aromatic N) is 2. The molecule has 4 rings (SSSR count). The lowest BCUT2D eigenvalue weighted by atomic mass is 10.0. The van der Waals surface area contributed by atoms with Gasteiger partial charge in [-0.25, -0.2) is 4.98 Å². The van der Waals surface area contributed by atoms with Crippen LogP contribution in [0.4, 0.5) is 0 Å². The molecule has 0 N–H and O–H groups in total. The molecule has 1 aliphatic rings. The number of aryl methyl sites for hydroxylation is 1. The molecule has 1 aliphatic heterocycles. The summed E-state index contributed by atoms with van der Waals surface area (Å²) in [5, 5.41) is 1.69. The number of hydrogen-bond acceptors (Lipinski definition) is 4. The van der Waals surface area contributed by atoms with Crippen molar-refractivity contribution in [2.75, 3.05) is 13.2 Å². The lowest BCUT2D eigenvalue weighted by Crippen LogP contribution is -2.41. The van der Waals surface area contributed by atoms with Crippen LogP contribution in [0.3, 0.4) is 0 Å². The largest absolute Gasteiger partial charge is 0.483 e. The first kappa shape index (κ1) is 18.3. The summed E-state index contributed by atoms with van der Waals surface area (Å²) in [6, 6.07) is 13.6. The number of piperidine rings is 1. The minimum atomic E-state index is 0.00769. The Kier molecular flexibility index (Phi) is 5.32. The van der Waals surface area contributed by atoms with Gasteiger partial charge in [-0.1, -0.05) is 23.7 Å². The van der Waals surface area contributed by atoms with Gasteiger partial charge >= 0.3 is 0 Å². The van der Waals surface area contributed by atoms with Gasteiger partial charge in [-0.05, 0) is 62.1 Å². The van der Waals surface area contributed by atoms with Crippen molar-refractivity contribution in [3.63, 3.8) is 0 Å². The molecule has 1 fully saturated rings. The predicted molar refractivity (Wildman–Crippen MR) is 110 cm³/mol. The first-order valence-corrected chi connectivity index (χ1v) is 10.3. The number of benzene rings is 2. The van der Waals surface area contributed by atoms with Crippen LogP contribution in [0.15, 0.2) is 42.5 Å². The third-order valence-corrected chi connectivity index (χ3v) is 6.28. The molecule has 0 aliphatic carbocycles. The van der Waals surface area contributed by atoms with Crippen molar-refractivity contribution in [3.05, 3.63) is 58.1 Å². The summed E-state index contributed by atoms with van der Waals surface area (Å²) in [6.45, 7) is 2.71. The Morgan fingerprint density at radius 1 is 1.30 bits per heavy atom. The monoisotopic (exact) mass is 400 g/mol. The normalized spacial score (nSPS) is 17.3. The number of para-hydroxylation sites is 1. The number of carbonyl (C=O) groups excluding carboxylic acids is 1. The second-order valence-corrected chi connectivity index (χ2v) is 8.32. The molecule has 0 radical (unpaired) electrons. The summed E-state index contributed by atoms with van der Waals surface area (Å²) < 4.78 is 6.95. The Bertz CT molecular complexity index is 939. The van der Waals surface area contributed by atoms with Crippen molar-refractivity contribution >= 4 is 39.1 Å². The van der Waals surface area contributed by atoms with Gasteiger partial charge < -0.3 is 9.64 Å². The molecular weight excluding hydrogens is 380 g/mol. The Labute approximate surface area is 167 Å². The summed E-state index contributed by atoms with van der Waals surface area (Å²) >= 11 is 7.67. The van der Waals surface area contributed by atoms with Gasteiger partial charge in [-0.15, -0.1) is 11.3 Å². The van der Waals surface area contributed by atoms with Crippen molar-refractivity contribution in [3.8, 4) is 5.75 Å². The van der Waals surface area contributed by atoms with Crippen LogP contribution in [0.25, 0.3) is 10.2 Å². The Morgan fingerprint density at radius 3 is 2.96 bits per heavy atom. The number of rotatable bonds is 4. The molecule has 140 valence electrons. The maximum atomic E-state index is 12.9. The maximum absolute atomic E-state index is 12.9. The van der Waals surface area contributed by atoms with Crippen molar-refractivity contribution in [1.82, 2.24) is 9.88 Å². The molecule has 0 saturated carbocycles. The van der Waals surface area contributed by atoms with Gasteiger partial charge in [0.2, 0.25) is 0 Å². The number of ether oxygens (including phenoxy) is 1. The number of halogens is 1. The molecule has 1 aromatic heterocycles. The fourth-order valence-corrected chi connectivity index (χ4v) is 4.86. The topological polar surface area (TPSA) is 42.4 Å². The van der Waals surface area contributed by atoms with E-state index < -0.39 is 0 Å². The second-order valence-electron chi connectivity index (χ2n) is 6.82. The van der Waals surface area contributed by atoms with Gasteiger partial charge in [0.1, 0.15) is 10.8 Å². The molecule has 1 saturated heterocycles. The second kappa shape index (κ2) is 7.87. The zero-order chi connectivity index (χ0) is 18.8. The van der Waals surface area contributed by atoms with Crippen LogP contribution in [-0.4, -0.2) is 28.9 Å². The van der Waals surface area contributed by atoms with E-state index in [1.54, 1.807) is 17.4 Å². The molecule has 1 atom stereocenters. The van der Waals surface area contributed by atoms with Gasteiger partial charge in [-0.3, -0.25) is 4.79 Å². The molecule has 2 heterocycles. The molecule has 0 bridgehead atoms. The predicted octanol–water partition coefficient (Wildman–Crippen LogP) is 5.39. The SMILES string of the molecule is Cc1cc(Cl)ccc1OCC(=O)N1CCCCC1c1nc2ccccc2s1. The summed E-state index contributed by atoms with van der Waals surface area (Å²) in [6.07, 6.45) is 3.08. The Hall–Kier alpha value is -2.11. The van der Waals surface area contributed by atoms with Crippen LogP contribution in [0.5, 0.6) is 5.75 Å². The minimum Gasteiger partial charge on any atom is -0.483 e. The number of aromatic nitrogens is 1. The van der Waals surface area contributed by atoms with Crippen molar-refractivity contribution in [2.24, 2.45) is 0 Å². The van der Waals surface area contributed by atoms with Gasteiger partial charge in [0.05, 0.1) is 16.3 Å². The standard InChI is InChI=1S/C21H21ClN2O2S/c1-14-12-15(22)9-10-18(14)26-13-20(25)24-11-5-4-7-17(24)21-23-16-6-2-3-8-19(16)27-21/h2-3,6,8-10,12,17H,4-5,7,11,13H2,1H3. The number of likely N-dealkylation sites (tertiary alicyclic amines) is 1. The summed E-state index contributed by atoms with van der Waals surface area (Å²) in [5.41, 5.74) is 1.93. The smallest absolute Gasteiger partial charge is 0.261 e. The third-order valence-electron chi connectivity index (χ3n) is 4.91. The molecule has 4 nitrogen and oxygen atoms in total. The first-order valence-electron chi connectivity index (χ1n) is 9.16. The lowest BCUT2D eigenvalue weighted by Gasteiger charge is -2.34. The van der Waals surface area contributed by atoms with Crippen molar-refractivity contribution in [2.45, 2.75) is 32.2 Å². The number of amides is 1. The lowest BCUT2D eigenvalue weighted by molar-refractivity contribution is -0.137. The Balaban J connectivity index is 1.50. The highest BCUT2D eigenvalue weighted by molar-refractivity contribution is 7.18. The molecule has 3 aromatic rings. The number of fused-ring (bicyclic) bond motifs is 1. The third kappa shape index (κ3) is 3.94. The van der Waals surface area contributed by atoms with Crippen LogP contribution in [0, 0.1) is 6.92 Å². The summed E-state index contributed by atoms with van der Waals surface area (Å²) in [5.74, 6) is 0.703. The van der Waals surface area contributed by atoms with E-state index in [0.29, 0.717) is 10.8 Å². The van der Waals surface area contributed by atoms with Crippen LogP contribution in [-0.2, 0) is 4.79 Å². The van der Waals surface area contributed by atoms with E-state index in [1.165, 1.54) is 4.70 Å². The van der Waals surface area contributed by atoms with Crippen molar-refractivity contribution in [1.29, 1.82) is 0 Å². The van der Waals surface area contributed by atoms with Crippen LogP contribution < -0.4 is 4.74 Å². The summed E-state index contributed by atoms with van der Waals surface area (Å²) in [4.78, 5) is 19.6. The summed E-state index contributed by atoms with van der Waals surface area (Å²) in [7, 11) is 0. The van der Waals surface area contributed by atoms with Crippen LogP contribution in [0.1, 0.15) is 35.9 Å². The van der Waals surface area contributed by atoms with Crippen LogP contribution in [0.2, 0.25) is 5.02 Å². The van der Waals surface area contributed by atoms with Crippen LogP contribution >= 0.6 is 22.9 Å². The molecule has 27 heavy (non-hydrogen) atoms. The first-order chi connectivity index (χ1) is 13.1. The average molecular weight is 401 g/mol. The molecular formula is C21H21ClN2O2S. The average Bonchev–Trinajstić information content (AvgIpc) is 3.11. The molecule has 2 aromatic carbocycles. The highest BCUT2D eigenvalue weighted by Gasteiger charge is 2.30. The van der Waals surface area contributed by atoms with E-state index in [9.17, 15) is 4.79 Å². The minimum absolute atomic E-state index is 0.00769. The quantitative estimate of drug-likeness (QED) is 0.589. The molecule has 1 amide bonds. The highest BCUT2D eigenvalue weighted by atomic mass is 35.5. The van der Waals surface area contributed by atoms with Gasteiger partial charge in [-0.2, -0.15) is 0 Å². The fourth-order valence-electron chi connectivity index (χ4n) is 3.52. The van der Waals surface area contributed by atoms with E-state index in [1.807, 2.05) is 42.2 Å². The van der Waals surface area contributed by atoms with E-state index in [2.05, 4.69) is 6.07 Å². The molecule has 0 spiro atoms. The van der Waals surface area contributed by atoms with E-state index >= 15 is 0 Å². The van der Waals surface area contributed by atoms with Gasteiger partial charge in [0.15, 0.2) is 6.61 Å². The maximum Gasteiger partial charge on any atom is 0.261 e. The van der Waals surface area contributed by atoms with E-state index in [4.69, 9.17) is 21.3 Å². The zero-order valence-corrected chi connectivity index (χ0v) is 16.7. The van der Waals surface area contributed by atoms with E-state index in [0.717, 1.165) is 41.9 Å². The molecule has 1 unspecified atom stereocenters. The van der Waals surface area contributed by atoms with E-state index in [-0.39, 0.29) is 18.6 Å². The van der Waals surface area contributed by atoms with Crippen molar-refractivity contribution < 1.29 is 9.53 Å². The molecule has 6 heteroatoms. The number of thiazole rings is 1. The zero-order valence-electron chi connectivity index (χ0n) is 15.2. The number of carbonyl (C=O) groups is 1. The fraction of sp³-hybridized carbons (Fsp3) is 0.333.